The average Bonchev–Trinajstić information content (AvgIpc) is 3.03. The molecule has 0 heterocycles. The molecule has 2 saturated carbocycles. The van der Waals surface area contributed by atoms with Crippen LogP contribution < -0.4 is 0 Å². The van der Waals surface area contributed by atoms with Gasteiger partial charge in [-0.15, -0.1) is 0 Å². The number of hydrogen-bond acceptors (Lipinski definition) is 1. The second kappa shape index (κ2) is 7.69. The van der Waals surface area contributed by atoms with E-state index in [1.807, 2.05) is 6.08 Å². The van der Waals surface area contributed by atoms with E-state index in [1.165, 1.54) is 44.1 Å². The van der Waals surface area contributed by atoms with Gasteiger partial charge in [0, 0.05) is 6.42 Å². The highest BCUT2D eigenvalue weighted by molar-refractivity contribution is 5.92. The van der Waals surface area contributed by atoms with Gasteiger partial charge in [-0.25, -0.2) is 0 Å². The number of allylic oxidation sites excluding steroid dienone is 4. The first kappa shape index (κ1) is 21.4. The summed E-state index contributed by atoms with van der Waals surface area (Å²) in [5.74, 6) is 6.08. The van der Waals surface area contributed by atoms with E-state index in [9.17, 15) is 4.79 Å². The zero-order chi connectivity index (χ0) is 21.0. The lowest BCUT2D eigenvalue weighted by atomic mass is 9.48. The predicted molar refractivity (Wildman–Crippen MR) is 123 cm³/mol. The molecule has 4 rings (SSSR count). The Morgan fingerprint density at radius 2 is 1.76 bits per heavy atom. The molecule has 8 atom stereocenters. The summed E-state index contributed by atoms with van der Waals surface area (Å²) in [5.41, 5.74) is 2.10. The Morgan fingerprint density at radius 3 is 2.48 bits per heavy atom. The van der Waals surface area contributed by atoms with Crippen LogP contribution in [-0.2, 0) is 4.79 Å². The summed E-state index contributed by atoms with van der Waals surface area (Å²) in [4.78, 5) is 12.0. The molecule has 0 aliphatic heterocycles. The minimum Gasteiger partial charge on any atom is -0.295 e. The van der Waals surface area contributed by atoms with Crippen LogP contribution in [0.1, 0.15) is 92.9 Å². The second-order valence-electron chi connectivity index (χ2n) is 12.1. The van der Waals surface area contributed by atoms with Crippen molar-refractivity contribution < 1.29 is 4.79 Å². The first-order chi connectivity index (χ1) is 13.7. The second-order valence-corrected chi connectivity index (χ2v) is 12.1. The lowest BCUT2D eigenvalue weighted by Crippen LogP contribution is -2.49. The van der Waals surface area contributed by atoms with Crippen LogP contribution in [0.2, 0.25) is 0 Å². The quantitative estimate of drug-likeness (QED) is 0.467. The number of fused-ring (bicyclic) bond motifs is 5. The maximum Gasteiger partial charge on any atom is 0.156 e. The highest BCUT2D eigenvalue weighted by atomic mass is 16.1. The van der Waals surface area contributed by atoms with Crippen molar-refractivity contribution in [2.24, 2.45) is 52.3 Å². The smallest absolute Gasteiger partial charge is 0.156 e. The molecule has 1 nitrogen and oxygen atoms in total. The van der Waals surface area contributed by atoms with Crippen molar-refractivity contribution in [1.29, 1.82) is 0 Å². The first-order valence-corrected chi connectivity index (χ1v) is 12.6. The van der Waals surface area contributed by atoms with E-state index in [-0.39, 0.29) is 5.41 Å². The standard InChI is InChI=1S/C28H44O/c1-18(2)19(3)7-8-20(4)24-11-12-25-23-10-9-21-17-22(29)13-15-27(21,5)26(23)14-16-28(24,25)6/h9-10,17-20,23-26H,7-8,11-16H2,1-6H3/t19?,20-,23?,24+,25?,26?,27-,28+/m0/s1. The van der Waals surface area contributed by atoms with Crippen LogP contribution in [-0.4, -0.2) is 5.78 Å². The molecule has 0 N–H and O–H groups in total. The molecule has 4 unspecified atom stereocenters. The molecule has 0 radical (unpaired) electrons. The van der Waals surface area contributed by atoms with Crippen LogP contribution in [0.4, 0.5) is 0 Å². The summed E-state index contributed by atoms with van der Waals surface area (Å²) in [7, 11) is 0. The summed E-state index contributed by atoms with van der Waals surface area (Å²) < 4.78 is 0. The molecule has 0 amide bonds. The van der Waals surface area contributed by atoms with E-state index < -0.39 is 0 Å². The fourth-order valence-corrected chi connectivity index (χ4v) is 8.03. The molecule has 1 heteroatoms. The Bertz CT molecular complexity index is 699. The minimum atomic E-state index is 0.241. The van der Waals surface area contributed by atoms with Gasteiger partial charge in [-0.2, -0.15) is 0 Å². The Labute approximate surface area is 179 Å². The van der Waals surface area contributed by atoms with Crippen LogP contribution in [0.25, 0.3) is 0 Å². The van der Waals surface area contributed by atoms with Gasteiger partial charge in [-0.1, -0.05) is 66.5 Å². The number of rotatable bonds is 5. The van der Waals surface area contributed by atoms with E-state index in [4.69, 9.17) is 0 Å². The Hall–Kier alpha value is -0.850. The van der Waals surface area contributed by atoms with Gasteiger partial charge < -0.3 is 0 Å². The topological polar surface area (TPSA) is 17.1 Å². The van der Waals surface area contributed by atoms with Gasteiger partial charge in [0.15, 0.2) is 5.78 Å². The predicted octanol–water partition coefficient (Wildman–Crippen LogP) is 7.62. The fraction of sp³-hybridized carbons (Fsp3) is 0.821. The average molecular weight is 397 g/mol. The molecule has 2 fully saturated rings. The highest BCUT2D eigenvalue weighted by Gasteiger charge is 2.58. The largest absolute Gasteiger partial charge is 0.295 e. The molecule has 4 aliphatic rings. The lowest BCUT2D eigenvalue weighted by molar-refractivity contribution is -0.116. The van der Waals surface area contributed by atoms with Gasteiger partial charge in [0.05, 0.1) is 0 Å². The third-order valence-corrected chi connectivity index (χ3v) is 10.5. The zero-order valence-corrected chi connectivity index (χ0v) is 19.8. The van der Waals surface area contributed by atoms with Crippen LogP contribution in [0, 0.1) is 52.3 Å². The van der Waals surface area contributed by atoms with Crippen molar-refractivity contribution in [2.75, 3.05) is 0 Å². The van der Waals surface area contributed by atoms with Crippen molar-refractivity contribution in [3.05, 3.63) is 23.8 Å². The van der Waals surface area contributed by atoms with Gasteiger partial charge in [-0.3, -0.25) is 4.79 Å². The Morgan fingerprint density at radius 1 is 1.00 bits per heavy atom. The molecular formula is C28H44O. The van der Waals surface area contributed by atoms with Gasteiger partial charge in [-0.05, 0) is 96.0 Å². The molecule has 4 aliphatic carbocycles. The summed E-state index contributed by atoms with van der Waals surface area (Å²) >= 11 is 0. The molecule has 0 saturated heterocycles. The SMILES string of the molecule is CC(C)C(C)CC[C@H](C)[C@H]1CCC2C3C=CC4=CC(=O)CC[C@]4(C)C3CC[C@@]21C. The van der Waals surface area contributed by atoms with E-state index in [0.717, 1.165) is 54.3 Å². The van der Waals surface area contributed by atoms with Crippen LogP contribution in [0.15, 0.2) is 23.8 Å². The Kier molecular flexibility index (Phi) is 5.67. The summed E-state index contributed by atoms with van der Waals surface area (Å²) in [5, 5.41) is 0. The molecule has 0 aromatic rings. The molecule has 0 aromatic heterocycles. The monoisotopic (exact) mass is 396 g/mol. The maximum absolute atomic E-state index is 12.0. The third-order valence-electron chi connectivity index (χ3n) is 10.5. The molecule has 0 spiro atoms. The summed E-state index contributed by atoms with van der Waals surface area (Å²) in [6.07, 6.45) is 17.1. The number of carbonyl (C=O) groups is 1. The van der Waals surface area contributed by atoms with Crippen molar-refractivity contribution >= 4 is 5.78 Å². The van der Waals surface area contributed by atoms with Crippen LogP contribution in [0.3, 0.4) is 0 Å². The fourth-order valence-electron chi connectivity index (χ4n) is 8.03. The summed E-state index contributed by atoms with van der Waals surface area (Å²) in [6, 6.07) is 0. The van der Waals surface area contributed by atoms with Gasteiger partial charge >= 0.3 is 0 Å². The molecule has 29 heavy (non-hydrogen) atoms. The Balaban J connectivity index is 1.52. The van der Waals surface area contributed by atoms with Crippen LogP contribution >= 0.6 is 0 Å². The molecule has 0 aromatic carbocycles. The van der Waals surface area contributed by atoms with Gasteiger partial charge in [0.2, 0.25) is 0 Å². The van der Waals surface area contributed by atoms with Gasteiger partial charge in [0.1, 0.15) is 0 Å². The molecular weight excluding hydrogens is 352 g/mol. The number of carbonyl (C=O) groups excluding carboxylic acids is 1. The van der Waals surface area contributed by atoms with Gasteiger partial charge in [0.25, 0.3) is 0 Å². The van der Waals surface area contributed by atoms with E-state index >= 15 is 0 Å². The van der Waals surface area contributed by atoms with E-state index in [0.29, 0.717) is 11.2 Å². The normalized spacial score (nSPS) is 43.4. The molecule has 0 bridgehead atoms. The van der Waals surface area contributed by atoms with Crippen molar-refractivity contribution in [3.8, 4) is 0 Å². The number of ketones is 1. The molecule has 162 valence electrons. The lowest BCUT2D eigenvalue weighted by Gasteiger charge is -2.56. The zero-order valence-electron chi connectivity index (χ0n) is 19.8. The minimum absolute atomic E-state index is 0.241. The highest BCUT2D eigenvalue weighted by Crippen LogP contribution is 2.66. The van der Waals surface area contributed by atoms with E-state index in [2.05, 4.69) is 53.7 Å². The number of hydrogen-bond donors (Lipinski definition) is 0. The third kappa shape index (κ3) is 3.49. The first-order valence-electron chi connectivity index (χ1n) is 12.6. The maximum atomic E-state index is 12.0. The van der Waals surface area contributed by atoms with Crippen molar-refractivity contribution in [1.82, 2.24) is 0 Å². The van der Waals surface area contributed by atoms with Crippen molar-refractivity contribution in [3.63, 3.8) is 0 Å². The van der Waals surface area contributed by atoms with E-state index in [1.54, 1.807) is 0 Å². The van der Waals surface area contributed by atoms with Crippen LogP contribution in [0.5, 0.6) is 0 Å². The van der Waals surface area contributed by atoms with Crippen molar-refractivity contribution in [2.45, 2.75) is 92.9 Å². The summed E-state index contributed by atoms with van der Waals surface area (Å²) in [6.45, 7) is 14.9.